The summed E-state index contributed by atoms with van der Waals surface area (Å²) in [4.78, 5) is 34.0. The third kappa shape index (κ3) is 4.23. The maximum atomic E-state index is 11.9. The van der Waals surface area contributed by atoms with E-state index in [4.69, 9.17) is 10.8 Å². The van der Waals surface area contributed by atoms with E-state index in [1.807, 2.05) is 0 Å². The standard InChI is InChI=1S/C12H13BrN2O5/c1-20-10(16)5-9(12(18)19)15-11(17)6-2-3-7(13)8(14)4-6/h2-4,9H,5,14H2,1H3,(H,15,17)(H,18,19)/t9-/m0/s1. The van der Waals surface area contributed by atoms with Gasteiger partial charge in [0.15, 0.2) is 0 Å². The summed E-state index contributed by atoms with van der Waals surface area (Å²) in [5.41, 5.74) is 6.18. The Labute approximate surface area is 123 Å². The molecule has 0 spiro atoms. The zero-order valence-electron chi connectivity index (χ0n) is 10.6. The van der Waals surface area contributed by atoms with E-state index in [0.717, 1.165) is 7.11 Å². The number of benzene rings is 1. The number of ether oxygens (including phenoxy) is 1. The summed E-state index contributed by atoms with van der Waals surface area (Å²) in [5, 5.41) is 11.2. The van der Waals surface area contributed by atoms with Crippen molar-refractivity contribution in [2.24, 2.45) is 0 Å². The molecule has 0 aliphatic heterocycles. The second-order valence-corrected chi connectivity index (χ2v) is 4.74. The first-order valence-electron chi connectivity index (χ1n) is 5.50. The summed E-state index contributed by atoms with van der Waals surface area (Å²) in [5.74, 6) is -2.69. The van der Waals surface area contributed by atoms with Gasteiger partial charge in [0, 0.05) is 15.7 Å². The number of carboxylic acids is 1. The van der Waals surface area contributed by atoms with Gasteiger partial charge in [-0.25, -0.2) is 4.79 Å². The Kier molecular flexibility index (Phi) is 5.51. The highest BCUT2D eigenvalue weighted by Crippen LogP contribution is 2.20. The van der Waals surface area contributed by atoms with E-state index in [0.29, 0.717) is 10.2 Å². The number of nitrogens with two attached hydrogens (primary N) is 1. The predicted molar refractivity (Wildman–Crippen MR) is 74.1 cm³/mol. The lowest BCUT2D eigenvalue weighted by molar-refractivity contribution is -0.147. The fourth-order valence-electron chi connectivity index (χ4n) is 1.38. The monoisotopic (exact) mass is 344 g/mol. The van der Waals surface area contributed by atoms with Crippen molar-refractivity contribution in [2.75, 3.05) is 12.8 Å². The summed E-state index contributed by atoms with van der Waals surface area (Å²) in [6.45, 7) is 0. The van der Waals surface area contributed by atoms with Crippen LogP contribution in [0.2, 0.25) is 0 Å². The minimum Gasteiger partial charge on any atom is -0.480 e. The van der Waals surface area contributed by atoms with E-state index in [-0.39, 0.29) is 5.56 Å². The number of carboxylic acid groups (broad SMARTS) is 1. The van der Waals surface area contributed by atoms with Crippen molar-refractivity contribution in [1.82, 2.24) is 5.32 Å². The average Bonchev–Trinajstić information content (AvgIpc) is 2.40. The third-order valence-electron chi connectivity index (χ3n) is 2.46. The van der Waals surface area contributed by atoms with Crippen LogP contribution in [0.3, 0.4) is 0 Å². The molecule has 0 heterocycles. The number of aliphatic carboxylic acids is 1. The molecule has 1 amide bonds. The molecule has 0 fully saturated rings. The smallest absolute Gasteiger partial charge is 0.326 e. The molecule has 8 heteroatoms. The highest BCUT2D eigenvalue weighted by molar-refractivity contribution is 9.10. The van der Waals surface area contributed by atoms with Crippen molar-refractivity contribution >= 4 is 39.5 Å². The molecule has 108 valence electrons. The number of anilines is 1. The van der Waals surface area contributed by atoms with Gasteiger partial charge in [0.2, 0.25) is 0 Å². The zero-order valence-corrected chi connectivity index (χ0v) is 12.1. The molecule has 0 saturated heterocycles. The van der Waals surface area contributed by atoms with Crippen LogP contribution < -0.4 is 11.1 Å². The SMILES string of the molecule is COC(=O)C[C@H](NC(=O)c1ccc(Br)c(N)c1)C(=O)O. The van der Waals surface area contributed by atoms with Gasteiger partial charge in [-0.3, -0.25) is 9.59 Å². The van der Waals surface area contributed by atoms with Gasteiger partial charge in [0.1, 0.15) is 6.04 Å². The van der Waals surface area contributed by atoms with Gasteiger partial charge in [-0.05, 0) is 34.1 Å². The largest absolute Gasteiger partial charge is 0.480 e. The van der Waals surface area contributed by atoms with Crippen LogP contribution in [0.25, 0.3) is 0 Å². The Morgan fingerprint density at radius 2 is 2.10 bits per heavy atom. The normalized spacial score (nSPS) is 11.5. The first kappa shape index (κ1) is 16.0. The number of hydrogen-bond acceptors (Lipinski definition) is 5. The van der Waals surface area contributed by atoms with Crippen LogP contribution in [0, 0.1) is 0 Å². The number of carbonyl (C=O) groups is 3. The Morgan fingerprint density at radius 1 is 1.45 bits per heavy atom. The number of amides is 1. The van der Waals surface area contributed by atoms with E-state index in [1.165, 1.54) is 12.1 Å². The Balaban J connectivity index is 2.82. The number of carbonyl (C=O) groups excluding carboxylic acids is 2. The van der Waals surface area contributed by atoms with E-state index in [2.05, 4.69) is 26.0 Å². The molecule has 0 saturated carbocycles. The molecule has 0 aliphatic carbocycles. The Morgan fingerprint density at radius 3 is 2.60 bits per heavy atom. The second kappa shape index (κ2) is 6.90. The van der Waals surface area contributed by atoms with Gasteiger partial charge < -0.3 is 20.9 Å². The van der Waals surface area contributed by atoms with Gasteiger partial charge >= 0.3 is 11.9 Å². The van der Waals surface area contributed by atoms with Crippen molar-refractivity contribution in [3.05, 3.63) is 28.2 Å². The van der Waals surface area contributed by atoms with Crippen LogP contribution in [-0.2, 0) is 14.3 Å². The van der Waals surface area contributed by atoms with Crippen LogP contribution in [0.5, 0.6) is 0 Å². The molecule has 0 aromatic heterocycles. The molecule has 4 N–H and O–H groups in total. The van der Waals surface area contributed by atoms with Gasteiger partial charge in [0.05, 0.1) is 13.5 Å². The molecular weight excluding hydrogens is 332 g/mol. The lowest BCUT2D eigenvalue weighted by Crippen LogP contribution is -2.42. The number of esters is 1. The molecule has 0 aliphatic rings. The maximum Gasteiger partial charge on any atom is 0.326 e. The quantitative estimate of drug-likeness (QED) is 0.536. The highest BCUT2D eigenvalue weighted by atomic mass is 79.9. The van der Waals surface area contributed by atoms with Crippen molar-refractivity contribution in [3.63, 3.8) is 0 Å². The minimum absolute atomic E-state index is 0.196. The molecule has 1 aromatic rings. The first-order valence-corrected chi connectivity index (χ1v) is 6.30. The highest BCUT2D eigenvalue weighted by Gasteiger charge is 2.24. The van der Waals surface area contributed by atoms with Crippen LogP contribution >= 0.6 is 15.9 Å². The molecule has 1 aromatic carbocycles. The van der Waals surface area contributed by atoms with Crippen molar-refractivity contribution < 1.29 is 24.2 Å². The molecule has 1 rings (SSSR count). The van der Waals surface area contributed by atoms with E-state index < -0.39 is 30.3 Å². The Hall–Kier alpha value is -2.09. The molecule has 0 radical (unpaired) electrons. The fourth-order valence-corrected chi connectivity index (χ4v) is 1.62. The lowest BCUT2D eigenvalue weighted by atomic mass is 10.1. The number of methoxy groups -OCH3 is 1. The van der Waals surface area contributed by atoms with E-state index >= 15 is 0 Å². The molecule has 7 nitrogen and oxygen atoms in total. The third-order valence-corrected chi connectivity index (χ3v) is 3.18. The van der Waals surface area contributed by atoms with E-state index in [1.54, 1.807) is 6.07 Å². The van der Waals surface area contributed by atoms with Gasteiger partial charge in [-0.1, -0.05) is 0 Å². The molecular formula is C12H13BrN2O5. The topological polar surface area (TPSA) is 119 Å². The van der Waals surface area contributed by atoms with Crippen molar-refractivity contribution in [1.29, 1.82) is 0 Å². The summed E-state index contributed by atoms with van der Waals surface area (Å²) in [7, 11) is 1.14. The number of hydrogen-bond donors (Lipinski definition) is 3. The van der Waals surface area contributed by atoms with Crippen LogP contribution in [0.15, 0.2) is 22.7 Å². The number of rotatable bonds is 5. The first-order chi connectivity index (χ1) is 9.35. The zero-order chi connectivity index (χ0) is 15.3. The van der Waals surface area contributed by atoms with Crippen LogP contribution in [-0.4, -0.2) is 36.1 Å². The minimum atomic E-state index is -1.36. The number of nitrogen functional groups attached to an aromatic ring is 1. The number of halogens is 1. The molecule has 20 heavy (non-hydrogen) atoms. The average molecular weight is 345 g/mol. The lowest BCUT2D eigenvalue weighted by Gasteiger charge is -2.13. The van der Waals surface area contributed by atoms with Gasteiger partial charge in [0.25, 0.3) is 5.91 Å². The van der Waals surface area contributed by atoms with Crippen LogP contribution in [0.4, 0.5) is 5.69 Å². The van der Waals surface area contributed by atoms with E-state index in [9.17, 15) is 14.4 Å². The maximum absolute atomic E-state index is 11.9. The molecule has 0 unspecified atom stereocenters. The second-order valence-electron chi connectivity index (χ2n) is 3.88. The Bertz CT molecular complexity index is 547. The van der Waals surface area contributed by atoms with Crippen molar-refractivity contribution in [3.8, 4) is 0 Å². The van der Waals surface area contributed by atoms with Gasteiger partial charge in [-0.2, -0.15) is 0 Å². The number of nitrogens with one attached hydrogen (secondary N) is 1. The molecule has 0 bridgehead atoms. The van der Waals surface area contributed by atoms with Crippen molar-refractivity contribution in [2.45, 2.75) is 12.5 Å². The summed E-state index contributed by atoms with van der Waals surface area (Å²) >= 11 is 3.18. The summed E-state index contributed by atoms with van der Waals surface area (Å²) < 4.78 is 5.00. The summed E-state index contributed by atoms with van der Waals surface area (Å²) in [6.07, 6.45) is -0.455. The fraction of sp³-hybridized carbons (Fsp3) is 0.250. The van der Waals surface area contributed by atoms with Gasteiger partial charge in [-0.15, -0.1) is 0 Å². The summed E-state index contributed by atoms with van der Waals surface area (Å²) in [6, 6.07) is 3.09. The predicted octanol–water partition coefficient (Wildman–Crippen LogP) is 0.777. The van der Waals surface area contributed by atoms with Crippen LogP contribution in [0.1, 0.15) is 16.8 Å². The molecule has 1 atom stereocenters.